The molecule has 0 aromatic carbocycles. The Bertz CT molecular complexity index is 654. The number of aliphatic hydroxyl groups is 1. The van der Waals surface area contributed by atoms with E-state index in [0.29, 0.717) is 44.0 Å². The van der Waals surface area contributed by atoms with Gasteiger partial charge in [-0.15, -0.1) is 0 Å². The first-order valence-corrected chi connectivity index (χ1v) is 12.5. The van der Waals surface area contributed by atoms with E-state index in [1.165, 1.54) is 32.1 Å². The van der Waals surface area contributed by atoms with E-state index in [9.17, 15) is 9.90 Å². The molecule has 1 N–H and O–H groups in total. The van der Waals surface area contributed by atoms with Crippen molar-refractivity contribution in [1.82, 2.24) is 0 Å². The second-order valence-corrected chi connectivity index (χ2v) is 11.7. The predicted molar refractivity (Wildman–Crippen MR) is 113 cm³/mol. The van der Waals surface area contributed by atoms with Crippen LogP contribution >= 0.6 is 0 Å². The van der Waals surface area contributed by atoms with Gasteiger partial charge in [-0.1, -0.05) is 26.7 Å². The van der Waals surface area contributed by atoms with E-state index in [1.807, 2.05) is 0 Å². The molecule has 0 radical (unpaired) electrons. The van der Waals surface area contributed by atoms with Crippen molar-refractivity contribution in [2.75, 3.05) is 19.8 Å². The highest BCUT2D eigenvalue weighted by Gasteiger charge is 2.55. The highest BCUT2D eigenvalue weighted by atomic mass is 16.7. The van der Waals surface area contributed by atoms with Crippen LogP contribution in [0, 0.1) is 35.0 Å². The van der Waals surface area contributed by atoms with Crippen LogP contribution in [-0.4, -0.2) is 42.3 Å². The molecular weight excluding hydrogens is 380 g/mol. The first kappa shape index (κ1) is 21.2. The second-order valence-electron chi connectivity index (χ2n) is 11.7. The van der Waals surface area contributed by atoms with Gasteiger partial charge >= 0.3 is 5.97 Å². The molecule has 5 aliphatic rings. The number of carbonyl (C=O) groups excluding carboxylic acids is 1. The van der Waals surface area contributed by atoms with E-state index in [-0.39, 0.29) is 11.9 Å². The lowest BCUT2D eigenvalue weighted by Crippen LogP contribution is -2.58. The molecule has 0 aromatic rings. The Hall–Kier alpha value is -0.650. The summed E-state index contributed by atoms with van der Waals surface area (Å²) in [5.41, 5.74) is -1.16. The van der Waals surface area contributed by atoms with Crippen molar-refractivity contribution in [3.05, 3.63) is 0 Å². The molecule has 4 bridgehead atoms. The molecule has 1 heterocycles. The van der Waals surface area contributed by atoms with Crippen molar-refractivity contribution in [3.8, 4) is 0 Å². The Morgan fingerprint density at radius 2 is 1.87 bits per heavy atom. The van der Waals surface area contributed by atoms with Crippen molar-refractivity contribution in [2.24, 2.45) is 35.0 Å². The average Bonchev–Trinajstić information content (AvgIpc) is 2.70. The fraction of sp³-hybridized carbons (Fsp3) is 0.960. The highest BCUT2D eigenvalue weighted by molar-refractivity contribution is 5.77. The molecular formula is C25H40O5. The zero-order chi connectivity index (χ0) is 21.0. The van der Waals surface area contributed by atoms with Crippen molar-refractivity contribution in [3.63, 3.8) is 0 Å². The first-order valence-electron chi connectivity index (χ1n) is 12.5. The van der Waals surface area contributed by atoms with Crippen LogP contribution < -0.4 is 0 Å². The van der Waals surface area contributed by atoms with Crippen LogP contribution in [0.3, 0.4) is 0 Å². The normalized spacial score (nSPS) is 50.8. The van der Waals surface area contributed by atoms with E-state index in [1.54, 1.807) is 0 Å². The van der Waals surface area contributed by atoms with Gasteiger partial charge in [-0.3, -0.25) is 4.79 Å². The topological polar surface area (TPSA) is 65.0 Å². The second kappa shape index (κ2) is 7.74. The molecule has 5 fully saturated rings. The van der Waals surface area contributed by atoms with Crippen molar-refractivity contribution in [2.45, 2.75) is 95.9 Å². The van der Waals surface area contributed by atoms with E-state index in [0.717, 1.165) is 38.0 Å². The molecule has 0 aromatic heterocycles. The Balaban J connectivity index is 1.17. The monoisotopic (exact) mass is 420 g/mol. The third-order valence-electron chi connectivity index (χ3n) is 9.13. The molecule has 5 nitrogen and oxygen atoms in total. The Morgan fingerprint density at radius 3 is 2.67 bits per heavy atom. The van der Waals surface area contributed by atoms with Gasteiger partial charge < -0.3 is 19.3 Å². The van der Waals surface area contributed by atoms with Gasteiger partial charge in [0.25, 0.3) is 0 Å². The van der Waals surface area contributed by atoms with E-state index < -0.39 is 16.8 Å². The third-order valence-corrected chi connectivity index (χ3v) is 9.13. The van der Waals surface area contributed by atoms with Gasteiger partial charge in [0, 0.05) is 17.8 Å². The fourth-order valence-electron chi connectivity index (χ4n) is 8.04. The quantitative estimate of drug-likeness (QED) is 0.683. The van der Waals surface area contributed by atoms with Crippen LogP contribution in [0.2, 0.25) is 0 Å². The number of hydrogen-bond donors (Lipinski definition) is 1. The molecule has 4 aliphatic carbocycles. The molecule has 6 atom stereocenters. The van der Waals surface area contributed by atoms with Crippen LogP contribution in [-0.2, 0) is 19.0 Å². The number of hydrogen-bond acceptors (Lipinski definition) is 5. The number of fused-ring (bicyclic) bond motifs is 5. The van der Waals surface area contributed by atoms with Crippen LogP contribution in [0.25, 0.3) is 0 Å². The lowest BCUT2D eigenvalue weighted by Gasteiger charge is -2.54. The van der Waals surface area contributed by atoms with Crippen LogP contribution in [0.5, 0.6) is 0 Å². The van der Waals surface area contributed by atoms with E-state index >= 15 is 0 Å². The minimum absolute atomic E-state index is 0.103. The number of ether oxygens (including phenoxy) is 3. The first-order chi connectivity index (χ1) is 14.3. The van der Waals surface area contributed by atoms with E-state index in [2.05, 4.69) is 13.8 Å². The zero-order valence-electron chi connectivity index (χ0n) is 18.9. The molecule has 1 aliphatic heterocycles. The maximum absolute atomic E-state index is 13.1. The van der Waals surface area contributed by atoms with Crippen molar-refractivity contribution < 1.29 is 24.1 Å². The molecule has 1 spiro atoms. The van der Waals surface area contributed by atoms with Gasteiger partial charge in [0.15, 0.2) is 5.79 Å². The summed E-state index contributed by atoms with van der Waals surface area (Å²) >= 11 is 0. The standard InChI is InChI=1S/C25H40O5/c1-17-11-23(7-4-8-24(27,12-17)16-23)22(26)28-13-20-14-29-25(30-15-20)18(2)9-19-5-3-6-21(25)10-19/h17-21,27H,3-16H2,1-2H3. The largest absolute Gasteiger partial charge is 0.465 e. The number of carbonyl (C=O) groups is 1. The fourth-order valence-corrected chi connectivity index (χ4v) is 8.04. The smallest absolute Gasteiger partial charge is 0.312 e. The van der Waals surface area contributed by atoms with Crippen molar-refractivity contribution in [1.29, 1.82) is 0 Å². The summed E-state index contributed by atoms with van der Waals surface area (Å²) in [6.45, 7) is 6.04. The summed E-state index contributed by atoms with van der Waals surface area (Å²) in [4.78, 5) is 13.1. The maximum Gasteiger partial charge on any atom is 0.312 e. The maximum atomic E-state index is 13.1. The van der Waals surface area contributed by atoms with Gasteiger partial charge in [0.2, 0.25) is 0 Å². The summed E-state index contributed by atoms with van der Waals surface area (Å²) in [7, 11) is 0. The molecule has 0 amide bonds. The van der Waals surface area contributed by atoms with Gasteiger partial charge in [-0.25, -0.2) is 0 Å². The summed E-state index contributed by atoms with van der Waals surface area (Å²) in [5, 5.41) is 10.9. The molecule has 5 rings (SSSR count). The lowest BCUT2D eigenvalue weighted by molar-refractivity contribution is -0.349. The molecule has 30 heavy (non-hydrogen) atoms. The van der Waals surface area contributed by atoms with Crippen LogP contribution in [0.1, 0.15) is 84.5 Å². The zero-order valence-corrected chi connectivity index (χ0v) is 18.9. The Labute approximate surface area is 181 Å². The average molecular weight is 421 g/mol. The Kier molecular flexibility index (Phi) is 5.47. The molecule has 170 valence electrons. The van der Waals surface area contributed by atoms with Crippen LogP contribution in [0.4, 0.5) is 0 Å². The summed E-state index contributed by atoms with van der Waals surface area (Å²) in [5.74, 6) is 1.76. The van der Waals surface area contributed by atoms with Gasteiger partial charge in [0.1, 0.15) is 0 Å². The number of rotatable bonds is 3. The van der Waals surface area contributed by atoms with Crippen LogP contribution in [0.15, 0.2) is 0 Å². The lowest BCUT2D eigenvalue weighted by atomic mass is 9.57. The van der Waals surface area contributed by atoms with Gasteiger partial charge in [-0.05, 0) is 69.6 Å². The van der Waals surface area contributed by atoms with Gasteiger partial charge in [0.05, 0.1) is 30.8 Å². The highest BCUT2D eigenvalue weighted by Crippen LogP contribution is 2.54. The molecule has 4 saturated carbocycles. The third kappa shape index (κ3) is 3.63. The minimum atomic E-state index is -0.673. The molecule has 5 heteroatoms. The van der Waals surface area contributed by atoms with E-state index in [4.69, 9.17) is 14.2 Å². The van der Waals surface area contributed by atoms with Crippen molar-refractivity contribution >= 4 is 5.97 Å². The summed E-state index contributed by atoms with van der Waals surface area (Å²) in [6.07, 6.45) is 11.1. The summed E-state index contributed by atoms with van der Waals surface area (Å²) in [6, 6.07) is 0. The Morgan fingerprint density at radius 1 is 1.07 bits per heavy atom. The predicted octanol–water partition coefficient (Wildman–Crippen LogP) is 4.46. The van der Waals surface area contributed by atoms with Gasteiger partial charge in [-0.2, -0.15) is 0 Å². The molecule has 6 unspecified atom stereocenters. The minimum Gasteiger partial charge on any atom is -0.465 e. The summed E-state index contributed by atoms with van der Waals surface area (Å²) < 4.78 is 18.8. The number of esters is 1. The molecule has 1 saturated heterocycles. The SMILES string of the molecule is CC1CC2(O)CCCC(C(=O)OCC3COC4(OC3)C(C)CC3CCCC4C3)(C1)C2.